The SMILES string of the molecule is CCc1nc2ccc(C(=O)OC(C)(C)C)cc2n1CC1CCCO1. The van der Waals surface area contributed by atoms with Crippen LogP contribution in [-0.2, 0) is 22.4 Å². The third-order valence-corrected chi connectivity index (χ3v) is 4.19. The molecule has 1 unspecified atom stereocenters. The molecule has 5 heteroatoms. The summed E-state index contributed by atoms with van der Waals surface area (Å²) in [5.41, 5.74) is 1.95. The highest BCUT2D eigenvalue weighted by atomic mass is 16.6. The van der Waals surface area contributed by atoms with Crippen molar-refractivity contribution in [2.24, 2.45) is 0 Å². The smallest absolute Gasteiger partial charge is 0.338 e. The van der Waals surface area contributed by atoms with E-state index in [1.165, 1.54) is 0 Å². The normalized spacial score (nSPS) is 18.2. The van der Waals surface area contributed by atoms with Crippen molar-refractivity contribution in [1.29, 1.82) is 0 Å². The number of aromatic nitrogens is 2. The number of aryl methyl sites for hydroxylation is 1. The summed E-state index contributed by atoms with van der Waals surface area (Å²) in [6.45, 7) is 9.35. The monoisotopic (exact) mass is 330 g/mol. The van der Waals surface area contributed by atoms with Gasteiger partial charge in [-0.3, -0.25) is 0 Å². The first-order valence-corrected chi connectivity index (χ1v) is 8.71. The van der Waals surface area contributed by atoms with Crippen LogP contribution in [0.3, 0.4) is 0 Å². The van der Waals surface area contributed by atoms with Crippen molar-refractivity contribution in [2.45, 2.75) is 65.2 Å². The first-order valence-electron chi connectivity index (χ1n) is 8.71. The standard InChI is InChI=1S/C19H26N2O3/c1-5-17-20-15-9-8-13(18(22)24-19(2,3)4)11-16(15)21(17)12-14-7-6-10-23-14/h8-9,11,14H,5-7,10,12H2,1-4H3. The molecule has 2 heterocycles. The Balaban J connectivity index is 1.96. The molecule has 0 radical (unpaired) electrons. The number of ether oxygens (including phenoxy) is 2. The lowest BCUT2D eigenvalue weighted by Gasteiger charge is -2.19. The minimum atomic E-state index is -0.501. The van der Waals surface area contributed by atoms with E-state index in [0.29, 0.717) is 5.56 Å². The molecular formula is C19H26N2O3. The first kappa shape index (κ1) is 17.0. The van der Waals surface area contributed by atoms with Gasteiger partial charge in [0.1, 0.15) is 11.4 Å². The summed E-state index contributed by atoms with van der Waals surface area (Å²) in [6.07, 6.45) is 3.28. The Kier molecular flexibility index (Phi) is 4.63. The lowest BCUT2D eigenvalue weighted by molar-refractivity contribution is 0.00697. The van der Waals surface area contributed by atoms with Gasteiger partial charge in [-0.05, 0) is 51.8 Å². The Morgan fingerprint density at radius 3 is 2.83 bits per heavy atom. The number of imidazole rings is 1. The largest absolute Gasteiger partial charge is 0.456 e. The molecule has 1 fully saturated rings. The van der Waals surface area contributed by atoms with Crippen LogP contribution in [0.4, 0.5) is 0 Å². The average Bonchev–Trinajstić information content (AvgIpc) is 3.13. The molecule has 0 saturated carbocycles. The molecule has 1 atom stereocenters. The van der Waals surface area contributed by atoms with Crippen molar-refractivity contribution >= 4 is 17.0 Å². The molecular weight excluding hydrogens is 304 g/mol. The zero-order valence-corrected chi connectivity index (χ0v) is 15.0. The van der Waals surface area contributed by atoms with E-state index in [4.69, 9.17) is 14.5 Å². The minimum absolute atomic E-state index is 0.234. The van der Waals surface area contributed by atoms with Gasteiger partial charge in [-0.1, -0.05) is 6.92 Å². The van der Waals surface area contributed by atoms with Gasteiger partial charge >= 0.3 is 5.97 Å². The van der Waals surface area contributed by atoms with Gasteiger partial charge in [0.25, 0.3) is 0 Å². The maximum atomic E-state index is 12.4. The van der Waals surface area contributed by atoms with Gasteiger partial charge in [0.15, 0.2) is 0 Å². The van der Waals surface area contributed by atoms with Gasteiger partial charge in [-0.25, -0.2) is 9.78 Å². The van der Waals surface area contributed by atoms with Crippen LogP contribution in [0.15, 0.2) is 18.2 Å². The van der Waals surface area contributed by atoms with E-state index in [2.05, 4.69) is 11.5 Å². The van der Waals surface area contributed by atoms with Crippen molar-refractivity contribution < 1.29 is 14.3 Å². The number of rotatable bonds is 4. The maximum absolute atomic E-state index is 12.4. The summed E-state index contributed by atoms with van der Waals surface area (Å²) < 4.78 is 13.5. The first-order chi connectivity index (χ1) is 11.4. The fourth-order valence-electron chi connectivity index (χ4n) is 3.10. The van der Waals surface area contributed by atoms with Gasteiger partial charge < -0.3 is 14.0 Å². The van der Waals surface area contributed by atoms with Gasteiger partial charge in [0.05, 0.1) is 29.2 Å². The van der Waals surface area contributed by atoms with E-state index in [0.717, 1.165) is 49.3 Å². The number of hydrogen-bond donors (Lipinski definition) is 0. The van der Waals surface area contributed by atoms with Gasteiger partial charge in [-0.2, -0.15) is 0 Å². The minimum Gasteiger partial charge on any atom is -0.456 e. The predicted octanol–water partition coefficient (Wildman–Crippen LogP) is 3.73. The molecule has 130 valence electrons. The Morgan fingerprint density at radius 2 is 2.21 bits per heavy atom. The van der Waals surface area contributed by atoms with Crippen LogP contribution < -0.4 is 0 Å². The molecule has 0 amide bonds. The molecule has 24 heavy (non-hydrogen) atoms. The van der Waals surface area contributed by atoms with Crippen LogP contribution in [0.5, 0.6) is 0 Å². The Morgan fingerprint density at radius 1 is 1.42 bits per heavy atom. The highest BCUT2D eigenvalue weighted by molar-refractivity contribution is 5.94. The summed E-state index contributed by atoms with van der Waals surface area (Å²) in [5.74, 6) is 0.731. The molecule has 1 aromatic heterocycles. The lowest BCUT2D eigenvalue weighted by atomic mass is 10.1. The van der Waals surface area contributed by atoms with Crippen LogP contribution in [0, 0.1) is 0 Å². The lowest BCUT2D eigenvalue weighted by Crippen LogP contribution is -2.24. The predicted molar refractivity (Wildman–Crippen MR) is 93.3 cm³/mol. The van der Waals surface area contributed by atoms with E-state index in [1.54, 1.807) is 6.07 Å². The van der Waals surface area contributed by atoms with E-state index < -0.39 is 5.60 Å². The molecule has 5 nitrogen and oxygen atoms in total. The number of benzene rings is 1. The van der Waals surface area contributed by atoms with E-state index in [-0.39, 0.29) is 12.1 Å². The molecule has 1 saturated heterocycles. The molecule has 1 aliphatic rings. The second-order valence-electron chi connectivity index (χ2n) is 7.33. The Hall–Kier alpha value is -1.88. The summed E-state index contributed by atoms with van der Waals surface area (Å²) >= 11 is 0. The van der Waals surface area contributed by atoms with Gasteiger partial charge in [0, 0.05) is 13.0 Å². The molecule has 1 aliphatic heterocycles. The second kappa shape index (κ2) is 6.55. The Bertz CT molecular complexity index is 737. The fourth-order valence-corrected chi connectivity index (χ4v) is 3.10. The van der Waals surface area contributed by atoms with E-state index in [1.807, 2.05) is 32.9 Å². The zero-order chi connectivity index (χ0) is 17.3. The van der Waals surface area contributed by atoms with Gasteiger partial charge in [0.2, 0.25) is 0 Å². The maximum Gasteiger partial charge on any atom is 0.338 e. The highest BCUT2D eigenvalue weighted by Gasteiger charge is 2.22. The van der Waals surface area contributed by atoms with Crippen molar-refractivity contribution in [3.05, 3.63) is 29.6 Å². The highest BCUT2D eigenvalue weighted by Crippen LogP contribution is 2.23. The molecule has 0 spiro atoms. The number of nitrogens with zero attached hydrogens (tertiary/aromatic N) is 2. The summed E-state index contributed by atoms with van der Waals surface area (Å²) in [7, 11) is 0. The molecule has 0 N–H and O–H groups in total. The van der Waals surface area contributed by atoms with Crippen LogP contribution in [0.1, 0.15) is 56.7 Å². The molecule has 0 bridgehead atoms. The van der Waals surface area contributed by atoms with Crippen molar-refractivity contribution in [2.75, 3.05) is 6.61 Å². The number of esters is 1. The number of fused-ring (bicyclic) bond motifs is 1. The van der Waals surface area contributed by atoms with Crippen LogP contribution in [0.2, 0.25) is 0 Å². The van der Waals surface area contributed by atoms with Gasteiger partial charge in [-0.15, -0.1) is 0 Å². The third kappa shape index (κ3) is 3.61. The molecule has 1 aromatic carbocycles. The number of carbonyl (C=O) groups excluding carboxylic acids is 1. The van der Waals surface area contributed by atoms with Crippen molar-refractivity contribution in [1.82, 2.24) is 9.55 Å². The quantitative estimate of drug-likeness (QED) is 0.802. The number of hydrogen-bond acceptors (Lipinski definition) is 4. The molecule has 2 aromatic rings. The third-order valence-electron chi connectivity index (χ3n) is 4.19. The van der Waals surface area contributed by atoms with Crippen LogP contribution in [-0.4, -0.2) is 33.8 Å². The molecule has 3 rings (SSSR count). The molecule has 0 aliphatic carbocycles. The van der Waals surface area contributed by atoms with Crippen LogP contribution >= 0.6 is 0 Å². The second-order valence-corrected chi connectivity index (χ2v) is 7.33. The number of carbonyl (C=O) groups is 1. The average molecular weight is 330 g/mol. The topological polar surface area (TPSA) is 53.3 Å². The van der Waals surface area contributed by atoms with Crippen molar-refractivity contribution in [3.8, 4) is 0 Å². The summed E-state index contributed by atoms with van der Waals surface area (Å²) in [5, 5.41) is 0. The van der Waals surface area contributed by atoms with E-state index >= 15 is 0 Å². The van der Waals surface area contributed by atoms with Crippen molar-refractivity contribution in [3.63, 3.8) is 0 Å². The fraction of sp³-hybridized carbons (Fsp3) is 0.579. The summed E-state index contributed by atoms with van der Waals surface area (Å²) in [4.78, 5) is 17.1. The van der Waals surface area contributed by atoms with E-state index in [9.17, 15) is 4.79 Å². The zero-order valence-electron chi connectivity index (χ0n) is 15.0. The summed E-state index contributed by atoms with van der Waals surface area (Å²) in [6, 6.07) is 5.59. The van der Waals surface area contributed by atoms with Crippen LogP contribution in [0.25, 0.3) is 11.0 Å². The Labute approximate surface area is 143 Å².